The Labute approximate surface area is 138 Å². The van der Waals surface area contributed by atoms with E-state index in [1.807, 2.05) is 0 Å². The third-order valence-corrected chi connectivity index (χ3v) is 5.21. The van der Waals surface area contributed by atoms with Gasteiger partial charge in [0.05, 0.1) is 18.3 Å². The second-order valence-corrected chi connectivity index (χ2v) is 7.01. The van der Waals surface area contributed by atoms with Gasteiger partial charge < -0.3 is 4.98 Å². The molecule has 8 heteroatoms. The quantitative estimate of drug-likeness (QED) is 0.893. The molecular formula is C15H20N6OS. The van der Waals surface area contributed by atoms with Crippen LogP contribution in [0.2, 0.25) is 0 Å². The summed E-state index contributed by atoms with van der Waals surface area (Å²) in [6, 6.07) is 0.223. The van der Waals surface area contributed by atoms with E-state index >= 15 is 0 Å². The minimum Gasteiger partial charge on any atom is -0.344 e. The lowest BCUT2D eigenvalue weighted by molar-refractivity contribution is -0.117. The van der Waals surface area contributed by atoms with Crippen LogP contribution in [-0.4, -0.2) is 44.1 Å². The fourth-order valence-electron chi connectivity index (χ4n) is 3.53. The van der Waals surface area contributed by atoms with Crippen LogP contribution in [0.3, 0.4) is 0 Å². The maximum absolute atomic E-state index is 12.2. The third-order valence-electron chi connectivity index (χ3n) is 4.61. The number of imidazole rings is 1. The standard InChI is InChI=1S/C15H20N6OS/c22-13(19-15-20-16-9-23-15)8-21-7-3-6-12(21)14-17-10-4-1-2-5-11(10)18-14/h9,12H,1-8H2,(H,17,18)(H,19,20,22). The van der Waals surface area contributed by atoms with Gasteiger partial charge in [0, 0.05) is 5.69 Å². The molecule has 7 nitrogen and oxygen atoms in total. The number of rotatable bonds is 4. The number of amides is 1. The second-order valence-electron chi connectivity index (χ2n) is 6.17. The first-order valence-corrected chi connectivity index (χ1v) is 9.05. The lowest BCUT2D eigenvalue weighted by Crippen LogP contribution is -2.33. The van der Waals surface area contributed by atoms with Gasteiger partial charge in [-0.15, -0.1) is 10.2 Å². The van der Waals surface area contributed by atoms with Crippen LogP contribution < -0.4 is 5.32 Å². The van der Waals surface area contributed by atoms with Gasteiger partial charge in [-0.3, -0.25) is 15.0 Å². The minimum atomic E-state index is -0.0371. The second kappa shape index (κ2) is 6.37. The number of aryl methyl sites for hydroxylation is 2. The molecule has 4 rings (SSSR count). The Morgan fingerprint density at radius 2 is 2.30 bits per heavy atom. The summed E-state index contributed by atoms with van der Waals surface area (Å²) in [4.78, 5) is 22.7. The lowest BCUT2D eigenvalue weighted by atomic mass is 10.0. The third kappa shape index (κ3) is 3.13. The minimum absolute atomic E-state index is 0.0371. The Morgan fingerprint density at radius 3 is 3.13 bits per heavy atom. The number of carbonyl (C=O) groups is 1. The molecule has 1 fully saturated rings. The molecule has 2 aromatic heterocycles. The summed E-state index contributed by atoms with van der Waals surface area (Å²) < 4.78 is 0. The van der Waals surface area contributed by atoms with Crippen molar-refractivity contribution in [2.24, 2.45) is 0 Å². The zero-order valence-electron chi connectivity index (χ0n) is 12.9. The highest BCUT2D eigenvalue weighted by molar-refractivity contribution is 7.13. The molecule has 1 atom stereocenters. The molecule has 1 aliphatic heterocycles. The predicted octanol–water partition coefficient (Wildman–Crippen LogP) is 1.92. The number of H-pyrrole nitrogens is 1. The van der Waals surface area contributed by atoms with Crippen LogP contribution in [0.15, 0.2) is 5.51 Å². The van der Waals surface area contributed by atoms with Crippen LogP contribution in [0.5, 0.6) is 0 Å². The Hall–Kier alpha value is -1.80. The Balaban J connectivity index is 1.44. The van der Waals surface area contributed by atoms with Crippen molar-refractivity contribution in [2.45, 2.75) is 44.6 Å². The number of hydrogen-bond acceptors (Lipinski definition) is 6. The van der Waals surface area contributed by atoms with E-state index in [1.165, 1.54) is 35.6 Å². The van der Waals surface area contributed by atoms with E-state index in [-0.39, 0.29) is 11.9 Å². The number of carbonyl (C=O) groups excluding carboxylic acids is 1. The van der Waals surface area contributed by atoms with Crippen molar-refractivity contribution in [3.63, 3.8) is 0 Å². The maximum Gasteiger partial charge on any atom is 0.240 e. The molecule has 1 unspecified atom stereocenters. The summed E-state index contributed by atoms with van der Waals surface area (Å²) in [5.41, 5.74) is 4.15. The first-order chi connectivity index (χ1) is 11.3. The van der Waals surface area contributed by atoms with Gasteiger partial charge in [-0.2, -0.15) is 0 Å². The number of anilines is 1. The molecule has 2 aliphatic rings. The van der Waals surface area contributed by atoms with Crippen molar-refractivity contribution < 1.29 is 4.79 Å². The summed E-state index contributed by atoms with van der Waals surface area (Å²) >= 11 is 1.33. The van der Waals surface area contributed by atoms with Crippen LogP contribution in [0, 0.1) is 0 Å². The van der Waals surface area contributed by atoms with E-state index in [1.54, 1.807) is 5.51 Å². The number of aromatic amines is 1. The molecule has 0 aromatic carbocycles. The summed E-state index contributed by atoms with van der Waals surface area (Å²) in [7, 11) is 0. The summed E-state index contributed by atoms with van der Waals surface area (Å²) in [5, 5.41) is 10.9. The van der Waals surface area contributed by atoms with Gasteiger partial charge >= 0.3 is 0 Å². The zero-order chi connectivity index (χ0) is 15.6. The summed E-state index contributed by atoms with van der Waals surface area (Å²) in [6.07, 6.45) is 6.81. The highest BCUT2D eigenvalue weighted by Crippen LogP contribution is 2.32. The number of hydrogen-bond donors (Lipinski definition) is 2. The van der Waals surface area contributed by atoms with Gasteiger partial charge in [-0.25, -0.2) is 4.98 Å². The molecule has 122 valence electrons. The molecule has 2 N–H and O–H groups in total. The van der Waals surface area contributed by atoms with Crippen LogP contribution >= 0.6 is 11.3 Å². The molecule has 0 spiro atoms. The topological polar surface area (TPSA) is 86.8 Å². The van der Waals surface area contributed by atoms with Crippen molar-refractivity contribution in [1.82, 2.24) is 25.1 Å². The van der Waals surface area contributed by atoms with Crippen molar-refractivity contribution in [3.05, 3.63) is 22.7 Å². The molecule has 3 heterocycles. The van der Waals surface area contributed by atoms with E-state index in [9.17, 15) is 4.79 Å². The smallest absolute Gasteiger partial charge is 0.240 e. The van der Waals surface area contributed by atoms with Gasteiger partial charge in [-0.1, -0.05) is 11.3 Å². The van der Waals surface area contributed by atoms with Crippen molar-refractivity contribution >= 4 is 22.4 Å². The van der Waals surface area contributed by atoms with Gasteiger partial charge in [0.15, 0.2) is 0 Å². The number of fused-ring (bicyclic) bond motifs is 1. The van der Waals surface area contributed by atoms with Gasteiger partial charge in [0.25, 0.3) is 0 Å². The van der Waals surface area contributed by atoms with E-state index in [2.05, 4.69) is 25.4 Å². The molecule has 0 radical (unpaired) electrons. The lowest BCUT2D eigenvalue weighted by Gasteiger charge is -2.21. The van der Waals surface area contributed by atoms with Crippen LogP contribution in [0.1, 0.15) is 48.9 Å². The normalized spacial score (nSPS) is 21.3. The first kappa shape index (κ1) is 14.8. The largest absolute Gasteiger partial charge is 0.344 e. The van der Waals surface area contributed by atoms with Crippen LogP contribution in [-0.2, 0) is 17.6 Å². The highest BCUT2D eigenvalue weighted by Gasteiger charge is 2.31. The number of aromatic nitrogens is 4. The monoisotopic (exact) mass is 332 g/mol. The van der Waals surface area contributed by atoms with E-state index in [0.29, 0.717) is 11.7 Å². The number of likely N-dealkylation sites (tertiary alicyclic amines) is 1. The molecular weight excluding hydrogens is 312 g/mol. The summed E-state index contributed by atoms with van der Waals surface area (Å²) in [5.74, 6) is 1.00. The molecule has 0 bridgehead atoms. The average molecular weight is 332 g/mol. The number of nitrogens with one attached hydrogen (secondary N) is 2. The van der Waals surface area contributed by atoms with Crippen molar-refractivity contribution in [1.29, 1.82) is 0 Å². The van der Waals surface area contributed by atoms with E-state index in [0.717, 1.165) is 38.1 Å². The SMILES string of the molecule is O=C(CN1CCCC1c1nc2c([nH]1)CCCC2)Nc1nncs1. The van der Waals surface area contributed by atoms with E-state index in [4.69, 9.17) is 4.98 Å². The van der Waals surface area contributed by atoms with Crippen molar-refractivity contribution in [2.75, 3.05) is 18.4 Å². The van der Waals surface area contributed by atoms with Gasteiger partial charge in [0.1, 0.15) is 11.3 Å². The molecule has 23 heavy (non-hydrogen) atoms. The molecule has 1 amide bonds. The van der Waals surface area contributed by atoms with Crippen LogP contribution in [0.4, 0.5) is 5.13 Å². The van der Waals surface area contributed by atoms with E-state index < -0.39 is 0 Å². The number of nitrogens with zero attached hydrogens (tertiary/aromatic N) is 4. The fourth-order valence-corrected chi connectivity index (χ4v) is 3.99. The Morgan fingerprint density at radius 1 is 1.39 bits per heavy atom. The molecule has 2 aromatic rings. The van der Waals surface area contributed by atoms with Crippen LogP contribution in [0.25, 0.3) is 0 Å². The molecule has 1 saturated heterocycles. The first-order valence-electron chi connectivity index (χ1n) is 8.17. The summed E-state index contributed by atoms with van der Waals surface area (Å²) in [6.45, 7) is 1.30. The van der Waals surface area contributed by atoms with Gasteiger partial charge in [0.2, 0.25) is 11.0 Å². The van der Waals surface area contributed by atoms with Crippen molar-refractivity contribution in [3.8, 4) is 0 Å². The van der Waals surface area contributed by atoms with Gasteiger partial charge in [-0.05, 0) is 45.1 Å². The maximum atomic E-state index is 12.2. The fraction of sp³-hybridized carbons (Fsp3) is 0.600. The molecule has 1 aliphatic carbocycles. The average Bonchev–Trinajstić information content (AvgIpc) is 3.26. The zero-order valence-corrected chi connectivity index (χ0v) is 13.7. The predicted molar refractivity (Wildman–Crippen MR) is 87.3 cm³/mol. The Bertz CT molecular complexity index is 659. The molecule has 0 saturated carbocycles. The Kier molecular flexibility index (Phi) is 4.09. The highest BCUT2D eigenvalue weighted by atomic mass is 32.1.